The van der Waals surface area contributed by atoms with Crippen molar-refractivity contribution in [2.24, 2.45) is 0 Å². The van der Waals surface area contributed by atoms with Crippen molar-refractivity contribution in [1.29, 1.82) is 0 Å². The molecule has 0 aromatic heterocycles. The first-order valence-corrected chi connectivity index (χ1v) is 4.07. The van der Waals surface area contributed by atoms with Crippen molar-refractivity contribution in [3.8, 4) is 5.75 Å². The lowest BCUT2D eigenvalue weighted by molar-refractivity contribution is -0.106. The molecule has 0 spiro atoms. The number of hydrogen-bond acceptors (Lipinski definition) is 3. The average molecular weight is 179 g/mol. The third-order valence-electron chi connectivity index (χ3n) is 1.84. The molecule has 0 aliphatic carbocycles. The Morgan fingerprint density at radius 3 is 2.77 bits per heavy atom. The van der Waals surface area contributed by atoms with Crippen molar-refractivity contribution in [2.75, 3.05) is 25.6 Å². The van der Waals surface area contributed by atoms with Crippen LogP contribution in [0.3, 0.4) is 0 Å². The van der Waals surface area contributed by atoms with Crippen LogP contribution in [0.1, 0.15) is 0 Å². The van der Waals surface area contributed by atoms with Crippen LogP contribution in [0, 0.1) is 0 Å². The number of methoxy groups -OCH3 is 1. The van der Waals surface area contributed by atoms with Crippen molar-refractivity contribution < 1.29 is 9.53 Å². The fourth-order valence-corrected chi connectivity index (χ4v) is 1.16. The fourth-order valence-electron chi connectivity index (χ4n) is 1.16. The first-order chi connectivity index (χ1) is 6.29. The summed E-state index contributed by atoms with van der Waals surface area (Å²) in [4.78, 5) is 12.1. The number of rotatable bonds is 4. The predicted molar refractivity (Wildman–Crippen MR) is 52.3 cm³/mol. The van der Waals surface area contributed by atoms with Crippen molar-refractivity contribution in [3.05, 3.63) is 24.3 Å². The van der Waals surface area contributed by atoms with E-state index in [0.29, 0.717) is 6.54 Å². The van der Waals surface area contributed by atoms with Gasteiger partial charge < -0.3 is 14.4 Å². The van der Waals surface area contributed by atoms with Crippen LogP contribution in [-0.2, 0) is 4.79 Å². The number of carbonyl (C=O) groups is 1. The summed E-state index contributed by atoms with van der Waals surface area (Å²) in [7, 11) is 3.47. The van der Waals surface area contributed by atoms with Gasteiger partial charge in [-0.25, -0.2) is 0 Å². The van der Waals surface area contributed by atoms with Gasteiger partial charge in [0.1, 0.15) is 12.0 Å². The van der Waals surface area contributed by atoms with Crippen molar-refractivity contribution in [2.45, 2.75) is 0 Å². The van der Waals surface area contributed by atoms with E-state index in [2.05, 4.69) is 0 Å². The molecule has 3 heteroatoms. The zero-order valence-corrected chi connectivity index (χ0v) is 7.86. The van der Waals surface area contributed by atoms with Crippen LogP contribution in [0.25, 0.3) is 0 Å². The SMILES string of the molecule is COc1ccccc1N(C)CC=O. The first-order valence-electron chi connectivity index (χ1n) is 4.07. The van der Waals surface area contributed by atoms with E-state index in [9.17, 15) is 4.79 Å². The van der Waals surface area contributed by atoms with Gasteiger partial charge in [-0.05, 0) is 12.1 Å². The lowest BCUT2D eigenvalue weighted by Gasteiger charge is -2.18. The minimum absolute atomic E-state index is 0.375. The van der Waals surface area contributed by atoms with E-state index < -0.39 is 0 Å². The Morgan fingerprint density at radius 1 is 1.46 bits per heavy atom. The molecule has 1 aromatic carbocycles. The van der Waals surface area contributed by atoms with Gasteiger partial charge in [0.15, 0.2) is 0 Å². The fraction of sp³-hybridized carbons (Fsp3) is 0.300. The van der Waals surface area contributed by atoms with Gasteiger partial charge in [0.25, 0.3) is 0 Å². The maximum atomic E-state index is 10.3. The molecular weight excluding hydrogens is 166 g/mol. The summed E-state index contributed by atoms with van der Waals surface area (Å²) in [6.45, 7) is 0.375. The van der Waals surface area contributed by atoms with Crippen LogP contribution in [0.4, 0.5) is 5.69 Å². The molecule has 0 saturated heterocycles. The Bertz CT molecular complexity index is 286. The van der Waals surface area contributed by atoms with E-state index >= 15 is 0 Å². The Hall–Kier alpha value is -1.51. The van der Waals surface area contributed by atoms with Crippen molar-refractivity contribution >= 4 is 12.0 Å². The van der Waals surface area contributed by atoms with E-state index in [-0.39, 0.29) is 0 Å². The first kappa shape index (κ1) is 9.58. The monoisotopic (exact) mass is 179 g/mol. The summed E-state index contributed by atoms with van der Waals surface area (Å²) in [6, 6.07) is 7.61. The molecule has 0 atom stereocenters. The summed E-state index contributed by atoms with van der Waals surface area (Å²) >= 11 is 0. The zero-order chi connectivity index (χ0) is 9.68. The minimum atomic E-state index is 0.375. The van der Waals surface area contributed by atoms with Crippen LogP contribution in [0.2, 0.25) is 0 Å². The number of ether oxygens (including phenoxy) is 1. The number of aldehydes is 1. The number of carbonyl (C=O) groups excluding carboxylic acids is 1. The Morgan fingerprint density at radius 2 is 2.15 bits per heavy atom. The molecule has 70 valence electrons. The number of anilines is 1. The summed E-state index contributed by atoms with van der Waals surface area (Å²) in [5, 5.41) is 0. The Labute approximate surface area is 77.9 Å². The normalized spacial score (nSPS) is 9.38. The van der Waals surface area contributed by atoms with Gasteiger partial charge in [-0.2, -0.15) is 0 Å². The third-order valence-corrected chi connectivity index (χ3v) is 1.84. The van der Waals surface area contributed by atoms with E-state index in [4.69, 9.17) is 4.74 Å². The van der Waals surface area contributed by atoms with E-state index in [1.54, 1.807) is 7.11 Å². The number of hydrogen-bond donors (Lipinski definition) is 0. The predicted octanol–water partition coefficient (Wildman–Crippen LogP) is 1.33. The maximum Gasteiger partial charge on any atom is 0.142 e. The average Bonchev–Trinajstić information content (AvgIpc) is 2.18. The zero-order valence-electron chi connectivity index (χ0n) is 7.86. The number of likely N-dealkylation sites (N-methyl/N-ethyl adjacent to an activating group) is 1. The molecule has 0 bridgehead atoms. The molecule has 0 amide bonds. The standard InChI is InChI=1S/C10H13NO2/c1-11(7-8-12)9-5-3-4-6-10(9)13-2/h3-6,8H,7H2,1-2H3. The Kier molecular flexibility index (Phi) is 3.31. The summed E-state index contributed by atoms with van der Waals surface area (Å²) in [6.07, 6.45) is 0.867. The van der Waals surface area contributed by atoms with Gasteiger partial charge in [0.05, 0.1) is 19.3 Å². The maximum absolute atomic E-state index is 10.3. The van der Waals surface area contributed by atoms with Crippen LogP contribution in [-0.4, -0.2) is 27.0 Å². The molecular formula is C10H13NO2. The van der Waals surface area contributed by atoms with Crippen LogP contribution in [0.5, 0.6) is 5.75 Å². The summed E-state index contributed by atoms with van der Waals surface area (Å²) in [5.74, 6) is 0.784. The lowest BCUT2D eigenvalue weighted by atomic mass is 10.2. The molecule has 13 heavy (non-hydrogen) atoms. The van der Waals surface area contributed by atoms with Crippen molar-refractivity contribution in [1.82, 2.24) is 0 Å². The van der Waals surface area contributed by atoms with Crippen LogP contribution < -0.4 is 9.64 Å². The highest BCUT2D eigenvalue weighted by Crippen LogP contribution is 2.25. The van der Waals surface area contributed by atoms with Gasteiger partial charge in [-0.15, -0.1) is 0 Å². The van der Waals surface area contributed by atoms with Gasteiger partial charge in [-0.3, -0.25) is 0 Å². The largest absolute Gasteiger partial charge is 0.495 e. The molecule has 0 heterocycles. The van der Waals surface area contributed by atoms with Crippen LogP contribution >= 0.6 is 0 Å². The second-order valence-electron chi connectivity index (χ2n) is 2.72. The quantitative estimate of drug-likeness (QED) is 0.653. The minimum Gasteiger partial charge on any atom is -0.495 e. The van der Waals surface area contributed by atoms with Gasteiger partial charge in [-0.1, -0.05) is 12.1 Å². The van der Waals surface area contributed by atoms with E-state index in [0.717, 1.165) is 17.7 Å². The van der Waals surface area contributed by atoms with E-state index in [1.165, 1.54) is 0 Å². The van der Waals surface area contributed by atoms with Gasteiger partial charge >= 0.3 is 0 Å². The highest BCUT2D eigenvalue weighted by atomic mass is 16.5. The molecule has 0 radical (unpaired) electrons. The Balaban J connectivity index is 2.91. The lowest BCUT2D eigenvalue weighted by Crippen LogP contribution is -2.19. The highest BCUT2D eigenvalue weighted by molar-refractivity contribution is 5.65. The third kappa shape index (κ3) is 2.21. The smallest absolute Gasteiger partial charge is 0.142 e. The molecule has 0 unspecified atom stereocenters. The number of nitrogens with zero attached hydrogens (tertiary/aromatic N) is 1. The molecule has 0 saturated carbocycles. The molecule has 0 N–H and O–H groups in total. The second kappa shape index (κ2) is 4.50. The molecule has 3 nitrogen and oxygen atoms in total. The topological polar surface area (TPSA) is 29.5 Å². The summed E-state index contributed by atoms with van der Waals surface area (Å²) < 4.78 is 5.16. The number of para-hydroxylation sites is 2. The molecule has 1 aromatic rings. The van der Waals surface area contributed by atoms with Gasteiger partial charge in [0.2, 0.25) is 0 Å². The highest BCUT2D eigenvalue weighted by Gasteiger charge is 2.05. The molecule has 0 fully saturated rings. The molecule has 0 aliphatic rings. The van der Waals surface area contributed by atoms with Crippen molar-refractivity contribution in [3.63, 3.8) is 0 Å². The second-order valence-corrected chi connectivity index (χ2v) is 2.72. The molecule has 0 aliphatic heterocycles. The van der Waals surface area contributed by atoms with E-state index in [1.807, 2.05) is 36.2 Å². The molecule has 1 rings (SSSR count). The number of benzene rings is 1. The van der Waals surface area contributed by atoms with Gasteiger partial charge in [0, 0.05) is 7.05 Å². The summed E-state index contributed by atoms with van der Waals surface area (Å²) in [5.41, 5.74) is 0.928. The van der Waals surface area contributed by atoms with Crippen LogP contribution in [0.15, 0.2) is 24.3 Å².